The van der Waals surface area contributed by atoms with Crippen molar-refractivity contribution >= 4 is 11.8 Å². The fourth-order valence-electron chi connectivity index (χ4n) is 5.06. The van der Waals surface area contributed by atoms with Crippen LogP contribution in [0.4, 0.5) is 0 Å². The number of nitrogens with zero attached hydrogens (tertiary/aromatic N) is 1. The normalized spacial score (nSPS) is 20.2. The van der Waals surface area contributed by atoms with Crippen molar-refractivity contribution in [1.82, 2.24) is 15.5 Å². The fraction of sp³-hybridized carbons (Fsp3) is 0.724. The molecule has 1 heterocycles. The molecule has 0 spiro atoms. The Labute approximate surface area is 227 Å². The zero-order chi connectivity index (χ0) is 27.5. The van der Waals surface area contributed by atoms with Crippen LogP contribution in [0.1, 0.15) is 57.9 Å². The van der Waals surface area contributed by atoms with E-state index in [9.17, 15) is 14.7 Å². The number of carbonyl (C=O) groups is 2. The predicted molar refractivity (Wildman–Crippen MR) is 146 cm³/mol. The first-order chi connectivity index (χ1) is 18.3. The summed E-state index contributed by atoms with van der Waals surface area (Å²) in [7, 11) is 3.33. The van der Waals surface area contributed by atoms with Crippen molar-refractivity contribution in [1.29, 1.82) is 0 Å². The van der Waals surface area contributed by atoms with E-state index in [1.807, 2.05) is 23.1 Å². The van der Waals surface area contributed by atoms with Gasteiger partial charge in [0.1, 0.15) is 11.5 Å². The molecule has 1 aliphatic heterocycles. The molecule has 2 fully saturated rings. The Balaban J connectivity index is 1.63. The van der Waals surface area contributed by atoms with Gasteiger partial charge < -0.3 is 34.9 Å². The second-order valence-electron chi connectivity index (χ2n) is 11.1. The van der Waals surface area contributed by atoms with E-state index in [4.69, 9.17) is 14.2 Å². The molecule has 3 N–H and O–H groups in total. The van der Waals surface area contributed by atoms with Crippen LogP contribution in [0.3, 0.4) is 0 Å². The summed E-state index contributed by atoms with van der Waals surface area (Å²) in [6.45, 7) is 6.94. The number of carbonyl (C=O) groups excluding carboxylic acids is 2. The van der Waals surface area contributed by atoms with Crippen LogP contribution in [-0.2, 0) is 20.9 Å². The predicted octanol–water partition coefficient (Wildman–Crippen LogP) is 2.74. The van der Waals surface area contributed by atoms with Gasteiger partial charge in [0.2, 0.25) is 11.8 Å². The molecule has 1 aromatic carbocycles. The van der Waals surface area contributed by atoms with Gasteiger partial charge in [-0.3, -0.25) is 9.59 Å². The van der Waals surface area contributed by atoms with Crippen molar-refractivity contribution < 1.29 is 28.9 Å². The van der Waals surface area contributed by atoms with Crippen molar-refractivity contribution in [3.05, 3.63) is 23.8 Å². The number of hydrogen-bond donors (Lipinski definition) is 3. The third-order valence-corrected chi connectivity index (χ3v) is 7.20. The van der Waals surface area contributed by atoms with Gasteiger partial charge in [-0.1, -0.05) is 13.8 Å². The van der Waals surface area contributed by atoms with Crippen LogP contribution in [0.25, 0.3) is 0 Å². The van der Waals surface area contributed by atoms with Crippen molar-refractivity contribution in [2.75, 3.05) is 47.1 Å². The molecule has 9 heteroatoms. The van der Waals surface area contributed by atoms with Gasteiger partial charge in [-0.15, -0.1) is 0 Å². The lowest BCUT2D eigenvalue weighted by Crippen LogP contribution is -2.51. The van der Waals surface area contributed by atoms with E-state index in [0.717, 1.165) is 43.4 Å². The summed E-state index contributed by atoms with van der Waals surface area (Å²) in [4.78, 5) is 28.7. The van der Waals surface area contributed by atoms with E-state index in [1.165, 1.54) is 0 Å². The van der Waals surface area contributed by atoms with Gasteiger partial charge in [0.15, 0.2) is 0 Å². The monoisotopic (exact) mass is 533 g/mol. The molecule has 3 atom stereocenters. The van der Waals surface area contributed by atoms with Crippen molar-refractivity contribution in [3.63, 3.8) is 0 Å². The molecule has 3 rings (SSSR count). The second kappa shape index (κ2) is 15.3. The Hall–Kier alpha value is -2.36. The van der Waals surface area contributed by atoms with E-state index in [2.05, 4.69) is 24.5 Å². The smallest absolute Gasteiger partial charge is 0.227 e. The van der Waals surface area contributed by atoms with Gasteiger partial charge in [-0.05, 0) is 62.1 Å². The molecule has 1 saturated heterocycles. The highest BCUT2D eigenvalue weighted by atomic mass is 16.5. The molecule has 2 aliphatic rings. The zero-order valence-corrected chi connectivity index (χ0v) is 23.5. The van der Waals surface area contributed by atoms with E-state index in [0.29, 0.717) is 50.9 Å². The number of amides is 2. The Bertz CT molecular complexity index is 891. The Kier molecular flexibility index (Phi) is 12.1. The van der Waals surface area contributed by atoms with Gasteiger partial charge >= 0.3 is 0 Å². The summed E-state index contributed by atoms with van der Waals surface area (Å²) >= 11 is 0. The number of nitrogens with one attached hydrogen (secondary N) is 2. The lowest BCUT2D eigenvalue weighted by Gasteiger charge is -2.33. The van der Waals surface area contributed by atoms with Crippen LogP contribution in [0.5, 0.6) is 11.5 Å². The number of rotatable bonds is 16. The number of methoxy groups -OCH3 is 2. The minimum atomic E-state index is -0.296. The van der Waals surface area contributed by atoms with Crippen LogP contribution in [-0.4, -0.2) is 81.0 Å². The Morgan fingerprint density at radius 3 is 2.45 bits per heavy atom. The standard InChI is InChI=1S/C29H47N3O6/c1-20(2)11-24(19-33)31-28(34)22-14-23(17-30-16-22)29(35)32(25-7-8-25)18-21-12-26(37-4)15-27(13-21)38-10-6-5-9-36-3/h12-13,15,20,22-25,30,33H,5-11,14,16-19H2,1-4H3,(H,31,34)/t22-,23+,24?/m0/s1. The third-order valence-electron chi connectivity index (χ3n) is 7.20. The molecule has 1 unspecified atom stereocenters. The highest BCUT2D eigenvalue weighted by molar-refractivity contribution is 5.83. The summed E-state index contributed by atoms with van der Waals surface area (Å²) in [6, 6.07) is 5.79. The molecular weight excluding hydrogens is 486 g/mol. The number of unbranched alkanes of at least 4 members (excludes halogenated alkanes) is 1. The van der Waals surface area contributed by atoms with Crippen molar-refractivity contribution in [2.24, 2.45) is 17.8 Å². The van der Waals surface area contributed by atoms with Gasteiger partial charge in [0, 0.05) is 45.5 Å². The van der Waals surface area contributed by atoms with Gasteiger partial charge in [0.05, 0.1) is 38.2 Å². The average Bonchev–Trinajstić information content (AvgIpc) is 3.76. The quantitative estimate of drug-likeness (QED) is 0.280. The highest BCUT2D eigenvalue weighted by Gasteiger charge is 2.39. The van der Waals surface area contributed by atoms with Gasteiger partial charge in [0.25, 0.3) is 0 Å². The van der Waals surface area contributed by atoms with Gasteiger partial charge in [-0.25, -0.2) is 0 Å². The molecule has 9 nitrogen and oxygen atoms in total. The first-order valence-electron chi connectivity index (χ1n) is 14.1. The SMILES string of the molecule is COCCCCOc1cc(CN(C(=O)[C@H]2CNC[C@@H](C(=O)NC(CO)CC(C)C)C2)C2CC2)cc(OC)c1. The average molecular weight is 534 g/mol. The van der Waals surface area contributed by atoms with Crippen LogP contribution in [0.15, 0.2) is 18.2 Å². The molecular formula is C29H47N3O6. The number of aliphatic hydroxyl groups is 1. The third kappa shape index (κ3) is 9.43. The summed E-state index contributed by atoms with van der Waals surface area (Å²) in [6.07, 6.45) is 5.05. The number of aliphatic hydroxyl groups excluding tert-OH is 1. The molecule has 214 valence electrons. The molecule has 38 heavy (non-hydrogen) atoms. The van der Waals surface area contributed by atoms with E-state index >= 15 is 0 Å². The lowest BCUT2D eigenvalue weighted by molar-refractivity contribution is -0.139. The maximum atomic E-state index is 13.7. The summed E-state index contributed by atoms with van der Waals surface area (Å²) < 4.78 is 16.6. The fourth-order valence-corrected chi connectivity index (χ4v) is 5.06. The van der Waals surface area contributed by atoms with Crippen LogP contribution >= 0.6 is 0 Å². The summed E-state index contributed by atoms with van der Waals surface area (Å²) in [5.41, 5.74) is 0.967. The minimum Gasteiger partial charge on any atom is -0.497 e. The molecule has 0 bridgehead atoms. The zero-order valence-electron chi connectivity index (χ0n) is 23.5. The first-order valence-corrected chi connectivity index (χ1v) is 14.1. The lowest BCUT2D eigenvalue weighted by atomic mass is 9.88. The molecule has 0 radical (unpaired) electrons. The highest BCUT2D eigenvalue weighted by Crippen LogP contribution is 2.33. The van der Waals surface area contributed by atoms with E-state index < -0.39 is 0 Å². The summed E-state index contributed by atoms with van der Waals surface area (Å²) in [5, 5.41) is 16.0. The maximum absolute atomic E-state index is 13.7. The molecule has 1 aliphatic carbocycles. The van der Waals surface area contributed by atoms with Crippen LogP contribution < -0.4 is 20.1 Å². The number of piperidine rings is 1. The molecule has 0 aromatic heterocycles. The maximum Gasteiger partial charge on any atom is 0.227 e. The van der Waals surface area contributed by atoms with Crippen LogP contribution in [0.2, 0.25) is 0 Å². The number of ether oxygens (including phenoxy) is 3. The van der Waals surface area contributed by atoms with E-state index in [1.54, 1.807) is 14.2 Å². The van der Waals surface area contributed by atoms with Gasteiger partial charge in [-0.2, -0.15) is 0 Å². The molecule has 1 aromatic rings. The Morgan fingerprint density at radius 1 is 1.08 bits per heavy atom. The molecule has 2 amide bonds. The largest absolute Gasteiger partial charge is 0.497 e. The summed E-state index contributed by atoms with van der Waals surface area (Å²) in [5.74, 6) is 1.24. The minimum absolute atomic E-state index is 0.0821. The Morgan fingerprint density at radius 2 is 1.79 bits per heavy atom. The number of benzene rings is 1. The van der Waals surface area contributed by atoms with E-state index in [-0.39, 0.29) is 42.3 Å². The van der Waals surface area contributed by atoms with Crippen LogP contribution in [0, 0.1) is 17.8 Å². The number of hydrogen-bond acceptors (Lipinski definition) is 7. The second-order valence-corrected chi connectivity index (χ2v) is 11.1. The van der Waals surface area contributed by atoms with Crippen molar-refractivity contribution in [2.45, 2.75) is 71.0 Å². The first kappa shape index (κ1) is 30.2. The topological polar surface area (TPSA) is 109 Å². The van der Waals surface area contributed by atoms with Crippen molar-refractivity contribution in [3.8, 4) is 11.5 Å². The molecule has 1 saturated carbocycles.